The van der Waals surface area contributed by atoms with Crippen LogP contribution in [0.2, 0.25) is 5.02 Å². The molecule has 3 amide bonds. The van der Waals surface area contributed by atoms with Gasteiger partial charge in [0.1, 0.15) is 0 Å². The third-order valence-corrected chi connectivity index (χ3v) is 7.42. The van der Waals surface area contributed by atoms with Crippen molar-refractivity contribution in [1.82, 2.24) is 0 Å². The van der Waals surface area contributed by atoms with E-state index < -0.39 is 46.9 Å². The molecule has 3 aliphatic rings. The van der Waals surface area contributed by atoms with Gasteiger partial charge in [-0.15, -0.1) is 0 Å². The van der Waals surface area contributed by atoms with E-state index >= 15 is 0 Å². The molecule has 0 radical (unpaired) electrons. The molecule has 184 valence electrons. The minimum atomic E-state index is -2.14. The molecule has 3 aromatic carbocycles. The van der Waals surface area contributed by atoms with Gasteiger partial charge in [0, 0.05) is 28.8 Å². The second-order valence-corrected chi connectivity index (χ2v) is 9.71. The number of ketones is 2. The number of nitrogens with zero attached hydrogens (tertiary/aromatic N) is 1. The average molecular weight is 515 g/mol. The van der Waals surface area contributed by atoms with Crippen molar-refractivity contribution in [3.05, 3.63) is 94.5 Å². The number of imide groups is 1. The smallest absolute Gasteiger partial charge is 0.241 e. The Morgan fingerprint density at radius 2 is 1.46 bits per heavy atom. The quantitative estimate of drug-likeness (QED) is 0.418. The van der Waals surface area contributed by atoms with Crippen molar-refractivity contribution in [3.8, 4) is 0 Å². The zero-order valence-electron chi connectivity index (χ0n) is 19.4. The van der Waals surface area contributed by atoms with Gasteiger partial charge < -0.3 is 10.1 Å². The van der Waals surface area contributed by atoms with Crippen molar-refractivity contribution in [2.45, 2.75) is 18.6 Å². The number of Topliss-reactive ketones (excluding diaryl/α,β-unsaturated/α-hetero) is 2. The lowest BCUT2D eigenvalue weighted by Crippen LogP contribution is -2.51. The SMILES string of the molecule is CC(=O)Nc1ccc(N2C(=O)[C@@H]3[C@H](c4ccc(Cl)cc4)OC4(C(=O)c5ccccc5C4=O)[C@H]3C2=O)cc1. The van der Waals surface area contributed by atoms with E-state index in [1.807, 2.05) is 0 Å². The molecule has 0 aromatic heterocycles. The monoisotopic (exact) mass is 514 g/mol. The van der Waals surface area contributed by atoms with Crippen LogP contribution in [0.5, 0.6) is 0 Å². The highest BCUT2D eigenvalue weighted by Crippen LogP contribution is 2.57. The minimum absolute atomic E-state index is 0.168. The summed E-state index contributed by atoms with van der Waals surface area (Å²) in [5.74, 6) is -5.22. The summed E-state index contributed by atoms with van der Waals surface area (Å²) in [7, 11) is 0. The van der Waals surface area contributed by atoms with Crippen LogP contribution >= 0.6 is 11.6 Å². The number of ether oxygens (including phenoxy) is 1. The van der Waals surface area contributed by atoms with Crippen LogP contribution in [-0.4, -0.2) is 34.9 Å². The van der Waals surface area contributed by atoms with Crippen LogP contribution in [-0.2, 0) is 19.1 Å². The lowest BCUT2D eigenvalue weighted by molar-refractivity contribution is -0.127. The first-order valence-corrected chi connectivity index (χ1v) is 12.0. The Morgan fingerprint density at radius 3 is 2.03 bits per heavy atom. The average Bonchev–Trinajstić information content (AvgIpc) is 3.45. The van der Waals surface area contributed by atoms with Crippen molar-refractivity contribution >= 4 is 52.3 Å². The van der Waals surface area contributed by atoms with E-state index in [1.54, 1.807) is 48.5 Å². The maximum Gasteiger partial charge on any atom is 0.241 e. The van der Waals surface area contributed by atoms with Crippen LogP contribution in [0.25, 0.3) is 0 Å². The van der Waals surface area contributed by atoms with Gasteiger partial charge in [0.15, 0.2) is 0 Å². The summed E-state index contributed by atoms with van der Waals surface area (Å²) in [6.45, 7) is 1.37. The Balaban J connectivity index is 1.48. The van der Waals surface area contributed by atoms with Crippen molar-refractivity contribution in [2.24, 2.45) is 11.8 Å². The van der Waals surface area contributed by atoms with Gasteiger partial charge in [0.05, 0.1) is 23.6 Å². The molecule has 2 fully saturated rings. The van der Waals surface area contributed by atoms with Crippen LogP contribution in [0.3, 0.4) is 0 Å². The van der Waals surface area contributed by atoms with Crippen molar-refractivity contribution in [3.63, 3.8) is 0 Å². The molecule has 37 heavy (non-hydrogen) atoms. The molecule has 1 spiro atoms. The number of hydrogen-bond acceptors (Lipinski definition) is 6. The fourth-order valence-corrected chi connectivity index (χ4v) is 5.75. The topological polar surface area (TPSA) is 110 Å². The Bertz CT molecular complexity index is 1480. The molecule has 2 aliphatic heterocycles. The molecular formula is C28H19ClN2O6. The summed E-state index contributed by atoms with van der Waals surface area (Å²) < 4.78 is 6.24. The van der Waals surface area contributed by atoms with E-state index in [-0.39, 0.29) is 22.7 Å². The van der Waals surface area contributed by atoms with E-state index in [4.69, 9.17) is 16.3 Å². The van der Waals surface area contributed by atoms with Crippen molar-refractivity contribution < 1.29 is 28.7 Å². The maximum absolute atomic E-state index is 13.9. The standard InChI is InChI=1S/C28H19ClN2O6/c1-14(32)30-17-10-12-18(13-11-17)31-26(35)21-22(27(31)36)28(37-23(21)15-6-8-16(29)9-7-15)24(33)19-4-2-3-5-20(19)25(28)34/h2-13,21-23H,1H3,(H,30,32)/t21-,22+,23-/m0/s1. The van der Waals surface area contributed by atoms with Gasteiger partial charge in [0.2, 0.25) is 34.9 Å². The lowest BCUT2D eigenvalue weighted by atomic mass is 9.77. The van der Waals surface area contributed by atoms with E-state index in [0.717, 1.165) is 4.90 Å². The van der Waals surface area contributed by atoms with Gasteiger partial charge in [-0.05, 0) is 42.0 Å². The number of carbonyl (C=O) groups is 5. The molecule has 0 unspecified atom stereocenters. The Kier molecular flexibility index (Phi) is 5.15. The molecule has 3 aromatic rings. The Morgan fingerprint density at radius 1 is 0.865 bits per heavy atom. The second kappa shape index (κ2) is 8.19. The third-order valence-electron chi connectivity index (χ3n) is 7.16. The minimum Gasteiger partial charge on any atom is -0.349 e. The summed E-state index contributed by atoms with van der Waals surface area (Å²) in [5.41, 5.74) is -0.527. The molecule has 2 heterocycles. The number of nitrogens with one attached hydrogen (secondary N) is 1. The van der Waals surface area contributed by atoms with Gasteiger partial charge in [-0.3, -0.25) is 24.0 Å². The van der Waals surface area contributed by atoms with Gasteiger partial charge >= 0.3 is 0 Å². The predicted molar refractivity (Wildman–Crippen MR) is 133 cm³/mol. The zero-order chi connectivity index (χ0) is 26.1. The molecule has 0 bridgehead atoms. The first kappa shape index (κ1) is 23.3. The summed E-state index contributed by atoms with van der Waals surface area (Å²) >= 11 is 6.05. The van der Waals surface area contributed by atoms with E-state index in [1.165, 1.54) is 31.2 Å². The van der Waals surface area contributed by atoms with Crippen LogP contribution in [0, 0.1) is 11.8 Å². The third kappa shape index (κ3) is 3.22. The highest BCUT2D eigenvalue weighted by Gasteiger charge is 2.74. The number of hydrogen-bond donors (Lipinski definition) is 1. The Labute approximate surface area is 216 Å². The number of fused-ring (bicyclic) bond motifs is 3. The molecule has 9 heteroatoms. The van der Waals surface area contributed by atoms with Gasteiger partial charge in [-0.2, -0.15) is 0 Å². The zero-order valence-corrected chi connectivity index (χ0v) is 20.2. The predicted octanol–water partition coefficient (Wildman–Crippen LogP) is 3.99. The molecule has 8 nitrogen and oxygen atoms in total. The van der Waals surface area contributed by atoms with Gasteiger partial charge in [-0.1, -0.05) is 48.0 Å². The van der Waals surface area contributed by atoms with Crippen molar-refractivity contribution in [1.29, 1.82) is 0 Å². The van der Waals surface area contributed by atoms with Crippen LogP contribution in [0.4, 0.5) is 11.4 Å². The Hall–Kier alpha value is -4.14. The van der Waals surface area contributed by atoms with E-state index in [0.29, 0.717) is 16.3 Å². The number of halogens is 1. The van der Waals surface area contributed by atoms with Gasteiger partial charge in [-0.25, -0.2) is 4.90 Å². The summed E-state index contributed by atoms with van der Waals surface area (Å²) in [5, 5.41) is 3.09. The maximum atomic E-state index is 13.9. The highest BCUT2D eigenvalue weighted by atomic mass is 35.5. The number of benzene rings is 3. The number of amides is 3. The first-order chi connectivity index (χ1) is 17.7. The largest absolute Gasteiger partial charge is 0.349 e. The normalized spacial score (nSPS) is 23.5. The lowest BCUT2D eigenvalue weighted by Gasteiger charge is -2.27. The fourth-order valence-electron chi connectivity index (χ4n) is 5.62. The van der Waals surface area contributed by atoms with Gasteiger partial charge in [0.25, 0.3) is 0 Å². The molecule has 1 aliphatic carbocycles. The van der Waals surface area contributed by atoms with Crippen molar-refractivity contribution in [2.75, 3.05) is 10.2 Å². The molecule has 6 rings (SSSR count). The van der Waals surface area contributed by atoms with E-state index in [2.05, 4.69) is 5.32 Å². The second-order valence-electron chi connectivity index (χ2n) is 9.27. The number of anilines is 2. The molecule has 1 N–H and O–H groups in total. The van der Waals surface area contributed by atoms with E-state index in [9.17, 15) is 24.0 Å². The summed E-state index contributed by atoms with van der Waals surface area (Å²) in [6.07, 6.45) is -1.02. The fraction of sp³-hybridized carbons (Fsp3) is 0.179. The highest BCUT2D eigenvalue weighted by molar-refractivity contribution is 6.37. The molecule has 0 saturated carbocycles. The van der Waals surface area contributed by atoms with Crippen LogP contribution in [0.1, 0.15) is 39.3 Å². The number of carbonyl (C=O) groups excluding carboxylic acids is 5. The number of rotatable bonds is 3. The van der Waals surface area contributed by atoms with Crippen LogP contribution in [0.15, 0.2) is 72.8 Å². The molecular weight excluding hydrogens is 496 g/mol. The van der Waals surface area contributed by atoms with Crippen LogP contribution < -0.4 is 10.2 Å². The summed E-state index contributed by atoms with van der Waals surface area (Å²) in [4.78, 5) is 67.7. The molecule has 3 atom stereocenters. The summed E-state index contributed by atoms with van der Waals surface area (Å²) in [6, 6.07) is 19.1. The molecule has 2 saturated heterocycles. The first-order valence-electron chi connectivity index (χ1n) is 11.6.